The molecule has 3 atom stereocenters. The van der Waals surface area contributed by atoms with Crippen LogP contribution in [0.1, 0.15) is 19.8 Å². The van der Waals surface area contributed by atoms with Crippen LogP contribution in [0.4, 0.5) is 0 Å². The van der Waals surface area contributed by atoms with Crippen molar-refractivity contribution in [2.45, 2.75) is 31.9 Å². The molecule has 2 aliphatic heterocycles. The molecule has 0 saturated carbocycles. The fourth-order valence-electron chi connectivity index (χ4n) is 2.93. The third kappa shape index (κ3) is 4.25. The number of aliphatic hydroxyl groups is 1. The van der Waals surface area contributed by atoms with Gasteiger partial charge in [-0.3, -0.25) is 4.79 Å². The monoisotopic (exact) mass is 368 g/mol. The predicted molar refractivity (Wildman–Crippen MR) is 92.7 cm³/mol. The zero-order valence-corrected chi connectivity index (χ0v) is 14.5. The average Bonchev–Trinajstić information content (AvgIpc) is 2.87. The van der Waals surface area contributed by atoms with E-state index in [2.05, 4.69) is 20.6 Å². The van der Waals surface area contributed by atoms with E-state index in [9.17, 15) is 19.8 Å². The Kier molecular flexibility index (Phi) is 6.68. The zero-order valence-electron chi connectivity index (χ0n) is 13.7. The maximum Gasteiger partial charge on any atom is 0.353 e. The fraction of sp³-hybridized carbons (Fsp3) is 0.643. The Hall–Kier alpha value is -2.23. The molecule has 2 heterocycles. The lowest BCUT2D eigenvalue weighted by Gasteiger charge is -2.44. The van der Waals surface area contributed by atoms with Crippen LogP contribution in [0.25, 0.3) is 10.4 Å². The number of β-lactam (4-membered cyclic amide) rings is 1. The molecule has 136 valence electrons. The van der Waals surface area contributed by atoms with Crippen LogP contribution in [0.2, 0.25) is 0 Å². The number of azide groups is 1. The summed E-state index contributed by atoms with van der Waals surface area (Å²) >= 11 is 1.38. The summed E-state index contributed by atoms with van der Waals surface area (Å²) in [5.41, 5.74) is 11.0. The average molecular weight is 368 g/mol. The number of thioether (sulfide) groups is 1. The highest BCUT2D eigenvalue weighted by atomic mass is 32.2. The molecule has 0 aromatic rings. The van der Waals surface area contributed by atoms with Crippen molar-refractivity contribution in [2.75, 3.05) is 18.8 Å². The van der Waals surface area contributed by atoms with Crippen LogP contribution >= 0.6 is 11.8 Å². The van der Waals surface area contributed by atoms with Crippen LogP contribution < -0.4 is 5.43 Å². The van der Waals surface area contributed by atoms with Crippen molar-refractivity contribution in [1.29, 1.82) is 0 Å². The van der Waals surface area contributed by atoms with Gasteiger partial charge in [-0.15, -0.1) is 11.8 Å². The molecule has 0 aliphatic carbocycles. The maximum atomic E-state index is 12.1. The first-order valence-electron chi connectivity index (χ1n) is 7.84. The Morgan fingerprint density at radius 3 is 3.04 bits per heavy atom. The van der Waals surface area contributed by atoms with Gasteiger partial charge in [0.1, 0.15) is 5.70 Å². The second-order valence-corrected chi connectivity index (χ2v) is 6.82. The van der Waals surface area contributed by atoms with Gasteiger partial charge in [-0.25, -0.2) is 4.79 Å². The lowest BCUT2D eigenvalue weighted by molar-refractivity contribution is -0.161. The Morgan fingerprint density at radius 2 is 2.40 bits per heavy atom. The third-order valence-electron chi connectivity index (χ3n) is 3.98. The summed E-state index contributed by atoms with van der Waals surface area (Å²) in [7, 11) is 0. The van der Waals surface area contributed by atoms with Crippen LogP contribution in [-0.2, 0) is 9.59 Å². The molecule has 1 amide bonds. The number of carboxylic acids is 1. The van der Waals surface area contributed by atoms with Gasteiger partial charge >= 0.3 is 5.97 Å². The van der Waals surface area contributed by atoms with Crippen LogP contribution in [0.3, 0.4) is 0 Å². The summed E-state index contributed by atoms with van der Waals surface area (Å²) in [6, 6.07) is -0.257. The van der Waals surface area contributed by atoms with E-state index in [1.807, 2.05) is 0 Å². The third-order valence-corrected chi connectivity index (χ3v) is 5.10. The number of fused-ring (bicyclic) bond motifs is 1. The minimum atomic E-state index is -1.12. The molecule has 1 fully saturated rings. The van der Waals surface area contributed by atoms with Crippen molar-refractivity contribution in [3.05, 3.63) is 21.0 Å². The highest BCUT2D eigenvalue weighted by Gasteiger charge is 2.56. The molecular formula is C14H20N6O4S. The van der Waals surface area contributed by atoms with E-state index >= 15 is 0 Å². The number of hydrogen-bond donors (Lipinski definition) is 3. The van der Waals surface area contributed by atoms with E-state index in [1.54, 1.807) is 13.1 Å². The summed E-state index contributed by atoms with van der Waals surface area (Å²) in [6.07, 6.45) is 1.82. The lowest BCUT2D eigenvalue weighted by Crippen LogP contribution is -2.61. The summed E-state index contributed by atoms with van der Waals surface area (Å²) in [5, 5.41) is 26.4. The SMILES string of the molecule is C[C@@H](O)[C@H]1C(=O)N2C(C(=O)O)=C(SCCN/N=C/CCN=[N+]=[N-])C[C@H]12. The predicted octanol–water partition coefficient (Wildman–Crippen LogP) is 0.903. The van der Waals surface area contributed by atoms with E-state index in [-0.39, 0.29) is 17.6 Å². The van der Waals surface area contributed by atoms with Gasteiger partial charge in [-0.05, 0) is 18.9 Å². The summed E-state index contributed by atoms with van der Waals surface area (Å²) < 4.78 is 0. The Labute approximate surface area is 148 Å². The summed E-state index contributed by atoms with van der Waals surface area (Å²) in [5.74, 6) is -1.37. The number of carboxylic acid groups (broad SMARTS) is 1. The molecule has 0 unspecified atom stereocenters. The molecule has 25 heavy (non-hydrogen) atoms. The molecule has 2 rings (SSSR count). The Bertz CT molecular complexity index is 643. The number of aliphatic hydroxyl groups excluding tert-OH is 1. The van der Waals surface area contributed by atoms with Gasteiger partial charge in [0, 0.05) is 41.3 Å². The molecule has 0 radical (unpaired) electrons. The molecular weight excluding hydrogens is 348 g/mol. The van der Waals surface area contributed by atoms with Gasteiger partial charge in [0.05, 0.1) is 18.1 Å². The van der Waals surface area contributed by atoms with Gasteiger partial charge in [0.2, 0.25) is 5.91 Å². The smallest absolute Gasteiger partial charge is 0.353 e. The van der Waals surface area contributed by atoms with Crippen molar-refractivity contribution in [1.82, 2.24) is 10.3 Å². The first kappa shape index (κ1) is 19.1. The molecule has 0 bridgehead atoms. The van der Waals surface area contributed by atoms with Crippen LogP contribution in [-0.4, -0.2) is 64.2 Å². The number of nitrogens with one attached hydrogen (secondary N) is 1. The van der Waals surface area contributed by atoms with E-state index in [4.69, 9.17) is 5.53 Å². The number of carbonyl (C=O) groups excluding carboxylic acids is 1. The molecule has 2 aliphatic rings. The van der Waals surface area contributed by atoms with Crippen LogP contribution in [0.15, 0.2) is 20.8 Å². The van der Waals surface area contributed by atoms with Gasteiger partial charge in [-0.1, -0.05) is 5.11 Å². The van der Waals surface area contributed by atoms with Crippen molar-refractivity contribution in [2.24, 2.45) is 16.1 Å². The van der Waals surface area contributed by atoms with E-state index < -0.39 is 18.0 Å². The van der Waals surface area contributed by atoms with Gasteiger partial charge in [-0.2, -0.15) is 5.10 Å². The normalized spacial score (nSPS) is 23.3. The number of nitrogens with zero attached hydrogens (tertiary/aromatic N) is 5. The lowest BCUT2D eigenvalue weighted by atomic mass is 9.83. The van der Waals surface area contributed by atoms with Crippen LogP contribution in [0, 0.1) is 5.92 Å². The van der Waals surface area contributed by atoms with Gasteiger partial charge in [0.15, 0.2) is 0 Å². The second-order valence-electron chi connectivity index (χ2n) is 5.63. The number of rotatable bonds is 10. The Balaban J connectivity index is 1.82. The topological polar surface area (TPSA) is 151 Å². The van der Waals surface area contributed by atoms with Crippen molar-refractivity contribution in [3.63, 3.8) is 0 Å². The molecule has 0 aromatic heterocycles. The zero-order chi connectivity index (χ0) is 18.4. The van der Waals surface area contributed by atoms with E-state index in [1.165, 1.54) is 16.7 Å². The molecule has 0 aromatic carbocycles. The van der Waals surface area contributed by atoms with Crippen molar-refractivity contribution >= 4 is 29.9 Å². The number of hydrazone groups is 1. The number of amides is 1. The number of hydrogen-bond acceptors (Lipinski definition) is 7. The van der Waals surface area contributed by atoms with Crippen molar-refractivity contribution < 1.29 is 19.8 Å². The summed E-state index contributed by atoms with van der Waals surface area (Å²) in [6.45, 7) is 2.42. The highest BCUT2D eigenvalue weighted by molar-refractivity contribution is 8.03. The molecule has 11 heteroatoms. The highest BCUT2D eigenvalue weighted by Crippen LogP contribution is 2.46. The molecule has 1 saturated heterocycles. The number of carbonyl (C=O) groups is 2. The van der Waals surface area contributed by atoms with Gasteiger partial charge < -0.3 is 20.5 Å². The van der Waals surface area contributed by atoms with E-state index in [0.29, 0.717) is 36.6 Å². The van der Waals surface area contributed by atoms with Gasteiger partial charge in [0.25, 0.3) is 0 Å². The second kappa shape index (κ2) is 8.75. The minimum absolute atomic E-state index is 0.0368. The minimum Gasteiger partial charge on any atom is -0.477 e. The fourth-order valence-corrected chi connectivity index (χ4v) is 3.98. The van der Waals surface area contributed by atoms with Crippen molar-refractivity contribution in [3.8, 4) is 0 Å². The first-order valence-corrected chi connectivity index (χ1v) is 8.83. The standard InChI is InChI=1S/C14H20N6O4S/c1-8(21)11-9-7-10(12(14(23)24)20(9)13(11)22)25-6-5-17-16-3-2-4-18-19-15/h3,8-9,11,17,21H,2,4-7H2,1H3,(H,23,24)/b16-3+/t8-,9-,11-/m1/s1. The number of aliphatic carboxylic acids is 1. The van der Waals surface area contributed by atoms with E-state index in [0.717, 1.165) is 0 Å². The summed E-state index contributed by atoms with van der Waals surface area (Å²) in [4.78, 5) is 28.1. The maximum absolute atomic E-state index is 12.1. The van der Waals surface area contributed by atoms with Crippen LogP contribution in [0.5, 0.6) is 0 Å². The molecule has 3 N–H and O–H groups in total. The largest absolute Gasteiger partial charge is 0.477 e. The molecule has 10 nitrogen and oxygen atoms in total. The Morgan fingerprint density at radius 1 is 1.64 bits per heavy atom. The first-order chi connectivity index (χ1) is 12.0. The quantitative estimate of drug-likeness (QED) is 0.0991. The molecule has 0 spiro atoms.